The molecular formula is C12H15N3O2S. The maximum atomic E-state index is 11.1. The van der Waals surface area contributed by atoms with Crippen molar-refractivity contribution in [2.24, 2.45) is 5.73 Å². The molecule has 1 aromatic carbocycles. The third-order valence-electron chi connectivity index (χ3n) is 2.54. The molecule has 0 fully saturated rings. The van der Waals surface area contributed by atoms with Gasteiger partial charge in [0.05, 0.1) is 18.1 Å². The number of rotatable bonds is 5. The Balaban J connectivity index is 1.88. The van der Waals surface area contributed by atoms with E-state index in [0.717, 1.165) is 21.9 Å². The molecule has 96 valence electrons. The van der Waals surface area contributed by atoms with Crippen LogP contribution in [0.5, 0.6) is 0 Å². The van der Waals surface area contributed by atoms with Crippen LogP contribution in [-0.4, -0.2) is 34.8 Å². The van der Waals surface area contributed by atoms with E-state index in [1.807, 2.05) is 24.3 Å². The number of nitrogens with one attached hydrogen (secondary N) is 1. The molecule has 0 aliphatic rings. The normalized spacial score (nSPS) is 12.6. The molecule has 0 spiro atoms. The van der Waals surface area contributed by atoms with Crippen molar-refractivity contribution in [3.8, 4) is 0 Å². The number of H-pyrrole nitrogens is 1. The highest BCUT2D eigenvalue weighted by atomic mass is 32.2. The molecule has 5 nitrogen and oxygen atoms in total. The number of methoxy groups -OCH3 is 1. The largest absolute Gasteiger partial charge is 0.468 e. The van der Waals surface area contributed by atoms with Crippen LogP contribution in [0.15, 0.2) is 29.4 Å². The zero-order chi connectivity index (χ0) is 13.0. The van der Waals surface area contributed by atoms with Crippen LogP contribution in [0.2, 0.25) is 0 Å². The lowest BCUT2D eigenvalue weighted by molar-refractivity contribution is -0.142. The second kappa shape index (κ2) is 5.88. The van der Waals surface area contributed by atoms with Crippen LogP contribution in [0.25, 0.3) is 11.0 Å². The molecule has 0 aliphatic heterocycles. The number of aromatic nitrogens is 2. The van der Waals surface area contributed by atoms with Gasteiger partial charge in [-0.1, -0.05) is 23.9 Å². The standard InChI is InChI=1S/C12H15N3O2S/c1-17-11(16)8(13)6-7-18-12-14-9-4-2-3-5-10(9)15-12/h2-5,8H,6-7,13H2,1H3,(H,14,15). The number of carbonyl (C=O) groups is 1. The first-order valence-electron chi connectivity index (χ1n) is 5.61. The monoisotopic (exact) mass is 265 g/mol. The Morgan fingerprint density at radius 1 is 1.56 bits per heavy atom. The maximum Gasteiger partial charge on any atom is 0.322 e. The molecule has 1 atom stereocenters. The van der Waals surface area contributed by atoms with Gasteiger partial charge in [0.2, 0.25) is 0 Å². The predicted molar refractivity (Wildman–Crippen MR) is 71.4 cm³/mol. The van der Waals surface area contributed by atoms with Crippen LogP contribution >= 0.6 is 11.8 Å². The van der Waals surface area contributed by atoms with E-state index in [9.17, 15) is 4.79 Å². The van der Waals surface area contributed by atoms with Gasteiger partial charge in [-0.15, -0.1) is 0 Å². The number of carbonyl (C=O) groups excluding carboxylic acids is 1. The van der Waals surface area contributed by atoms with Gasteiger partial charge in [0, 0.05) is 5.75 Å². The topological polar surface area (TPSA) is 81.0 Å². The Morgan fingerprint density at radius 2 is 2.33 bits per heavy atom. The van der Waals surface area contributed by atoms with Crippen molar-refractivity contribution in [3.05, 3.63) is 24.3 Å². The summed E-state index contributed by atoms with van der Waals surface area (Å²) in [6, 6.07) is 7.28. The van der Waals surface area contributed by atoms with Crippen LogP contribution < -0.4 is 5.73 Å². The third-order valence-corrected chi connectivity index (χ3v) is 3.45. The molecule has 0 saturated carbocycles. The number of nitrogens with zero attached hydrogens (tertiary/aromatic N) is 1. The van der Waals surface area contributed by atoms with E-state index in [2.05, 4.69) is 14.7 Å². The molecule has 1 heterocycles. The minimum atomic E-state index is -0.563. The van der Waals surface area contributed by atoms with Gasteiger partial charge in [-0.25, -0.2) is 4.98 Å². The number of para-hydroxylation sites is 2. The van der Waals surface area contributed by atoms with Crippen LogP contribution in [-0.2, 0) is 9.53 Å². The smallest absolute Gasteiger partial charge is 0.322 e. The van der Waals surface area contributed by atoms with Gasteiger partial charge in [-0.2, -0.15) is 0 Å². The molecule has 1 unspecified atom stereocenters. The van der Waals surface area contributed by atoms with E-state index >= 15 is 0 Å². The van der Waals surface area contributed by atoms with Crippen molar-refractivity contribution in [1.29, 1.82) is 0 Å². The summed E-state index contributed by atoms with van der Waals surface area (Å²) < 4.78 is 4.57. The van der Waals surface area contributed by atoms with Crippen LogP contribution in [0.4, 0.5) is 0 Å². The number of hydrogen-bond acceptors (Lipinski definition) is 5. The average Bonchev–Trinajstić information content (AvgIpc) is 2.80. The lowest BCUT2D eigenvalue weighted by atomic mass is 10.2. The Bertz CT molecular complexity index is 508. The fourth-order valence-electron chi connectivity index (χ4n) is 1.55. The highest BCUT2D eigenvalue weighted by Gasteiger charge is 2.13. The summed E-state index contributed by atoms with van der Waals surface area (Å²) in [5.74, 6) is 0.344. The van der Waals surface area contributed by atoms with E-state index in [1.165, 1.54) is 7.11 Å². The number of imidazole rings is 1. The number of nitrogens with two attached hydrogens (primary N) is 1. The van der Waals surface area contributed by atoms with Crippen LogP contribution in [0.3, 0.4) is 0 Å². The molecule has 18 heavy (non-hydrogen) atoms. The summed E-state index contributed by atoms with van der Waals surface area (Å²) in [6.07, 6.45) is 0.564. The quantitative estimate of drug-likeness (QED) is 0.633. The van der Waals surface area contributed by atoms with Crippen molar-refractivity contribution < 1.29 is 9.53 Å². The summed E-state index contributed by atoms with van der Waals surface area (Å²) in [4.78, 5) is 18.7. The Morgan fingerprint density at radius 3 is 3.06 bits per heavy atom. The van der Waals surface area contributed by atoms with Crippen molar-refractivity contribution in [1.82, 2.24) is 9.97 Å². The molecule has 6 heteroatoms. The lowest BCUT2D eigenvalue weighted by Gasteiger charge is -2.07. The zero-order valence-electron chi connectivity index (χ0n) is 10.1. The lowest BCUT2D eigenvalue weighted by Crippen LogP contribution is -2.31. The van der Waals surface area contributed by atoms with Gasteiger partial charge >= 0.3 is 5.97 Å². The minimum Gasteiger partial charge on any atom is -0.468 e. The second-order valence-corrected chi connectivity index (χ2v) is 4.91. The van der Waals surface area contributed by atoms with E-state index in [-0.39, 0.29) is 5.97 Å². The predicted octanol–water partition coefficient (Wildman–Crippen LogP) is 1.55. The highest BCUT2D eigenvalue weighted by molar-refractivity contribution is 7.99. The van der Waals surface area contributed by atoms with E-state index in [1.54, 1.807) is 11.8 Å². The number of hydrogen-bond donors (Lipinski definition) is 2. The van der Waals surface area contributed by atoms with Gasteiger partial charge in [0.25, 0.3) is 0 Å². The molecule has 3 N–H and O–H groups in total. The summed E-state index contributed by atoms with van der Waals surface area (Å²) in [7, 11) is 1.34. The molecule has 2 aromatic rings. The Hall–Kier alpha value is -1.53. The summed E-state index contributed by atoms with van der Waals surface area (Å²) in [6.45, 7) is 0. The second-order valence-electron chi connectivity index (χ2n) is 3.83. The van der Waals surface area contributed by atoms with Gasteiger partial charge in [-0.05, 0) is 18.6 Å². The fraction of sp³-hybridized carbons (Fsp3) is 0.333. The highest BCUT2D eigenvalue weighted by Crippen LogP contribution is 2.19. The van der Waals surface area contributed by atoms with Gasteiger partial charge in [0.15, 0.2) is 5.16 Å². The number of ether oxygens (including phenoxy) is 1. The number of aromatic amines is 1. The van der Waals surface area contributed by atoms with Crippen molar-refractivity contribution in [3.63, 3.8) is 0 Å². The molecule has 2 rings (SSSR count). The van der Waals surface area contributed by atoms with E-state index in [0.29, 0.717) is 6.42 Å². The number of benzene rings is 1. The molecule has 1 aromatic heterocycles. The molecule has 0 bridgehead atoms. The van der Waals surface area contributed by atoms with E-state index < -0.39 is 6.04 Å². The average molecular weight is 265 g/mol. The summed E-state index contributed by atoms with van der Waals surface area (Å²) >= 11 is 1.55. The molecule has 0 aliphatic carbocycles. The van der Waals surface area contributed by atoms with Gasteiger partial charge in [0.1, 0.15) is 6.04 Å². The molecule has 0 radical (unpaired) electrons. The zero-order valence-corrected chi connectivity index (χ0v) is 10.9. The SMILES string of the molecule is COC(=O)C(N)CCSc1nc2ccccc2[nH]1. The fourth-order valence-corrected chi connectivity index (χ4v) is 2.46. The molecule has 0 amide bonds. The van der Waals surface area contributed by atoms with Gasteiger partial charge in [-0.3, -0.25) is 4.79 Å². The molecular weight excluding hydrogens is 250 g/mol. The maximum absolute atomic E-state index is 11.1. The Kier molecular flexibility index (Phi) is 4.22. The number of thioether (sulfide) groups is 1. The van der Waals surface area contributed by atoms with Crippen molar-refractivity contribution in [2.75, 3.05) is 12.9 Å². The number of esters is 1. The first-order chi connectivity index (χ1) is 8.70. The minimum absolute atomic E-state index is 0.375. The van der Waals surface area contributed by atoms with Crippen LogP contribution in [0.1, 0.15) is 6.42 Å². The molecule has 0 saturated heterocycles. The first-order valence-corrected chi connectivity index (χ1v) is 6.60. The summed E-state index contributed by atoms with van der Waals surface area (Å²) in [5, 5.41) is 0.841. The summed E-state index contributed by atoms with van der Waals surface area (Å²) in [5.41, 5.74) is 7.60. The van der Waals surface area contributed by atoms with Crippen molar-refractivity contribution in [2.45, 2.75) is 17.6 Å². The van der Waals surface area contributed by atoms with Crippen molar-refractivity contribution >= 4 is 28.8 Å². The Labute approximate surface area is 109 Å². The van der Waals surface area contributed by atoms with Crippen LogP contribution in [0, 0.1) is 0 Å². The number of fused-ring (bicyclic) bond motifs is 1. The van der Waals surface area contributed by atoms with Gasteiger partial charge < -0.3 is 15.5 Å². The third kappa shape index (κ3) is 3.02. The first kappa shape index (κ1) is 12.9. The van der Waals surface area contributed by atoms with E-state index in [4.69, 9.17) is 5.73 Å².